The van der Waals surface area contributed by atoms with Crippen molar-refractivity contribution in [3.05, 3.63) is 34.9 Å². The molecule has 0 radical (unpaired) electrons. The van der Waals surface area contributed by atoms with Crippen molar-refractivity contribution < 1.29 is 4.79 Å². The van der Waals surface area contributed by atoms with E-state index in [0.717, 1.165) is 28.6 Å². The summed E-state index contributed by atoms with van der Waals surface area (Å²) < 4.78 is 0. The molecular formula is C16H22BrNO. The fourth-order valence-electron chi connectivity index (χ4n) is 2.83. The van der Waals surface area contributed by atoms with Gasteiger partial charge in [0.05, 0.1) is 0 Å². The van der Waals surface area contributed by atoms with Crippen LogP contribution < -0.4 is 5.32 Å². The summed E-state index contributed by atoms with van der Waals surface area (Å²) in [5.41, 5.74) is 3.25. The van der Waals surface area contributed by atoms with E-state index in [1.54, 1.807) is 0 Å². The van der Waals surface area contributed by atoms with E-state index >= 15 is 0 Å². The zero-order valence-electron chi connectivity index (χ0n) is 11.8. The number of halogens is 1. The van der Waals surface area contributed by atoms with Crippen LogP contribution in [0.4, 0.5) is 0 Å². The van der Waals surface area contributed by atoms with Gasteiger partial charge in [0.2, 0.25) is 0 Å². The third-order valence-corrected chi connectivity index (χ3v) is 5.40. The maximum absolute atomic E-state index is 12.3. The van der Waals surface area contributed by atoms with Crippen LogP contribution in [0.1, 0.15) is 47.2 Å². The van der Waals surface area contributed by atoms with Gasteiger partial charge in [-0.25, -0.2) is 0 Å². The minimum atomic E-state index is 0.0634. The lowest BCUT2D eigenvalue weighted by molar-refractivity contribution is 0.0935. The molecule has 2 rings (SSSR count). The molecule has 1 aromatic rings. The van der Waals surface area contributed by atoms with Gasteiger partial charge >= 0.3 is 0 Å². The predicted octanol–water partition coefficient (Wildman–Crippen LogP) is 3.99. The molecule has 2 nitrogen and oxygen atoms in total. The number of amides is 1. The van der Waals surface area contributed by atoms with Crippen LogP contribution >= 0.6 is 15.9 Å². The van der Waals surface area contributed by atoms with Crippen LogP contribution in [0.2, 0.25) is 0 Å². The summed E-state index contributed by atoms with van der Waals surface area (Å²) in [7, 11) is 0. The number of alkyl halides is 1. The van der Waals surface area contributed by atoms with Crippen LogP contribution in [-0.4, -0.2) is 17.8 Å². The van der Waals surface area contributed by atoms with E-state index in [2.05, 4.69) is 21.2 Å². The highest BCUT2D eigenvalue weighted by Gasteiger charge is 2.33. The minimum Gasteiger partial charge on any atom is -0.351 e. The zero-order valence-corrected chi connectivity index (χ0v) is 13.3. The second-order valence-corrected chi connectivity index (χ2v) is 6.40. The molecular weight excluding hydrogens is 302 g/mol. The van der Waals surface area contributed by atoms with Crippen molar-refractivity contribution in [1.82, 2.24) is 5.32 Å². The first-order valence-corrected chi connectivity index (χ1v) is 8.10. The summed E-state index contributed by atoms with van der Waals surface area (Å²) in [6.07, 6.45) is 4.99. The third-order valence-electron chi connectivity index (χ3n) is 4.21. The molecule has 1 aliphatic carbocycles. The Morgan fingerprint density at radius 2 is 2.00 bits per heavy atom. The number of benzene rings is 1. The zero-order chi connectivity index (χ0) is 13.9. The molecule has 104 valence electrons. The van der Waals surface area contributed by atoms with Gasteiger partial charge in [0.25, 0.3) is 5.91 Å². The lowest BCUT2D eigenvalue weighted by Gasteiger charge is -2.26. The number of rotatable bonds is 4. The highest BCUT2D eigenvalue weighted by atomic mass is 79.9. The maximum atomic E-state index is 12.3. The van der Waals surface area contributed by atoms with E-state index < -0.39 is 0 Å². The molecule has 0 unspecified atom stereocenters. The van der Waals surface area contributed by atoms with Gasteiger partial charge < -0.3 is 5.32 Å². The Morgan fingerprint density at radius 3 is 2.63 bits per heavy atom. The van der Waals surface area contributed by atoms with E-state index in [1.807, 2.05) is 32.0 Å². The smallest absolute Gasteiger partial charge is 0.251 e. The lowest BCUT2D eigenvalue weighted by Crippen LogP contribution is -2.37. The molecule has 0 spiro atoms. The molecule has 1 saturated carbocycles. The van der Waals surface area contributed by atoms with Crippen LogP contribution in [0.5, 0.6) is 0 Å². The van der Waals surface area contributed by atoms with Gasteiger partial charge in [-0.05, 0) is 43.7 Å². The van der Waals surface area contributed by atoms with Gasteiger partial charge in [-0.15, -0.1) is 0 Å². The van der Waals surface area contributed by atoms with Crippen LogP contribution in [0.25, 0.3) is 0 Å². The van der Waals surface area contributed by atoms with Crippen molar-refractivity contribution >= 4 is 21.8 Å². The standard InChI is InChI=1S/C16H22BrNO/c1-12-5-6-13(2)14(9-12)15(19)18-11-16(10-17)7-3-4-8-16/h5-6,9H,3-4,7-8,10-11H2,1-2H3,(H,18,19). The summed E-state index contributed by atoms with van der Waals surface area (Å²) in [4.78, 5) is 12.3. The SMILES string of the molecule is Cc1ccc(C)c(C(=O)NCC2(CBr)CCCC2)c1. The highest BCUT2D eigenvalue weighted by Crippen LogP contribution is 2.39. The third kappa shape index (κ3) is 3.38. The minimum absolute atomic E-state index is 0.0634. The Labute approximate surface area is 124 Å². The number of hydrogen-bond acceptors (Lipinski definition) is 1. The first-order chi connectivity index (χ1) is 9.06. The van der Waals surface area contributed by atoms with Crippen LogP contribution in [0, 0.1) is 19.3 Å². The van der Waals surface area contributed by atoms with Gasteiger partial charge in [0.1, 0.15) is 0 Å². The van der Waals surface area contributed by atoms with Crippen molar-refractivity contribution in [3.63, 3.8) is 0 Å². The van der Waals surface area contributed by atoms with Crippen LogP contribution in [0.15, 0.2) is 18.2 Å². The topological polar surface area (TPSA) is 29.1 Å². The fourth-order valence-corrected chi connectivity index (χ4v) is 3.59. The summed E-state index contributed by atoms with van der Waals surface area (Å²) in [5.74, 6) is 0.0634. The average Bonchev–Trinajstić information content (AvgIpc) is 2.88. The Kier molecular flexibility index (Phi) is 4.67. The first-order valence-electron chi connectivity index (χ1n) is 6.98. The molecule has 1 aliphatic rings. The first kappa shape index (κ1) is 14.6. The van der Waals surface area contributed by atoms with Crippen molar-refractivity contribution in [2.45, 2.75) is 39.5 Å². The van der Waals surface area contributed by atoms with Gasteiger partial charge in [-0.3, -0.25) is 4.79 Å². The molecule has 1 fully saturated rings. The summed E-state index contributed by atoms with van der Waals surface area (Å²) in [5, 5.41) is 4.11. The average molecular weight is 324 g/mol. The number of aryl methyl sites for hydroxylation is 2. The van der Waals surface area contributed by atoms with Crippen molar-refractivity contribution in [2.24, 2.45) is 5.41 Å². The van der Waals surface area contributed by atoms with Crippen molar-refractivity contribution in [2.75, 3.05) is 11.9 Å². The molecule has 0 heterocycles. The monoisotopic (exact) mass is 323 g/mol. The Bertz CT molecular complexity index is 464. The predicted molar refractivity (Wildman–Crippen MR) is 82.9 cm³/mol. The van der Waals surface area contributed by atoms with E-state index in [1.165, 1.54) is 25.7 Å². The summed E-state index contributed by atoms with van der Waals surface area (Å²) >= 11 is 3.61. The Morgan fingerprint density at radius 1 is 1.32 bits per heavy atom. The Hall–Kier alpha value is -0.830. The molecule has 0 atom stereocenters. The number of carbonyl (C=O) groups is 1. The molecule has 0 saturated heterocycles. The quantitative estimate of drug-likeness (QED) is 0.834. The van der Waals surface area contributed by atoms with Crippen LogP contribution in [0.3, 0.4) is 0 Å². The molecule has 0 aromatic heterocycles. The highest BCUT2D eigenvalue weighted by molar-refractivity contribution is 9.09. The molecule has 1 N–H and O–H groups in total. The van der Waals surface area contributed by atoms with Crippen molar-refractivity contribution in [3.8, 4) is 0 Å². The van der Waals surface area contributed by atoms with E-state index in [0.29, 0.717) is 0 Å². The lowest BCUT2D eigenvalue weighted by atomic mass is 9.88. The van der Waals surface area contributed by atoms with E-state index in [4.69, 9.17) is 0 Å². The van der Waals surface area contributed by atoms with Gasteiger partial charge in [-0.1, -0.05) is 46.5 Å². The number of hydrogen-bond donors (Lipinski definition) is 1. The number of nitrogens with one attached hydrogen (secondary N) is 1. The molecule has 0 aliphatic heterocycles. The van der Waals surface area contributed by atoms with Gasteiger partial charge in [-0.2, -0.15) is 0 Å². The molecule has 19 heavy (non-hydrogen) atoms. The van der Waals surface area contributed by atoms with Gasteiger partial charge in [0.15, 0.2) is 0 Å². The summed E-state index contributed by atoms with van der Waals surface area (Å²) in [6, 6.07) is 6.03. The molecule has 3 heteroatoms. The molecule has 1 aromatic carbocycles. The number of carbonyl (C=O) groups excluding carboxylic acids is 1. The van der Waals surface area contributed by atoms with Crippen LogP contribution in [-0.2, 0) is 0 Å². The Balaban J connectivity index is 2.03. The van der Waals surface area contributed by atoms with E-state index in [9.17, 15) is 4.79 Å². The second-order valence-electron chi connectivity index (χ2n) is 5.84. The molecule has 0 bridgehead atoms. The summed E-state index contributed by atoms with van der Waals surface area (Å²) in [6.45, 7) is 4.79. The van der Waals surface area contributed by atoms with Crippen molar-refractivity contribution in [1.29, 1.82) is 0 Å². The molecule has 1 amide bonds. The normalized spacial score (nSPS) is 17.4. The van der Waals surface area contributed by atoms with E-state index in [-0.39, 0.29) is 11.3 Å². The largest absolute Gasteiger partial charge is 0.351 e. The fraction of sp³-hybridized carbons (Fsp3) is 0.562. The van der Waals surface area contributed by atoms with Gasteiger partial charge in [0, 0.05) is 17.4 Å². The maximum Gasteiger partial charge on any atom is 0.251 e. The second kappa shape index (κ2) is 6.08.